The van der Waals surface area contributed by atoms with E-state index in [-0.39, 0.29) is 5.82 Å². The Kier molecular flexibility index (Phi) is 2.55. The van der Waals surface area contributed by atoms with E-state index in [2.05, 4.69) is 18.3 Å². The minimum absolute atomic E-state index is 0.0340. The van der Waals surface area contributed by atoms with E-state index in [1.807, 2.05) is 13.1 Å². The van der Waals surface area contributed by atoms with E-state index in [9.17, 15) is 4.39 Å². The molecule has 0 amide bonds. The van der Waals surface area contributed by atoms with E-state index in [0.29, 0.717) is 12.0 Å². The quantitative estimate of drug-likeness (QED) is 0.760. The van der Waals surface area contributed by atoms with Crippen molar-refractivity contribution in [2.45, 2.75) is 31.7 Å². The Morgan fingerprint density at radius 2 is 2.29 bits per heavy atom. The predicted octanol–water partition coefficient (Wildman–Crippen LogP) is 2.46. The molecule has 0 heterocycles. The molecule has 2 rings (SSSR count). The van der Waals surface area contributed by atoms with E-state index in [1.165, 1.54) is 5.56 Å². The molecule has 0 aromatic heterocycles. The van der Waals surface area contributed by atoms with E-state index < -0.39 is 0 Å². The number of halogens is 1. The van der Waals surface area contributed by atoms with Gasteiger partial charge in [-0.05, 0) is 49.9 Å². The van der Waals surface area contributed by atoms with E-state index >= 15 is 0 Å². The fourth-order valence-corrected chi connectivity index (χ4v) is 2.36. The maximum absolute atomic E-state index is 13.4. The van der Waals surface area contributed by atoms with Crippen LogP contribution in [-0.4, -0.2) is 13.1 Å². The topological polar surface area (TPSA) is 12.0 Å². The normalized spacial score (nSPS) is 22.1. The molecule has 2 heteroatoms. The highest BCUT2D eigenvalue weighted by atomic mass is 19.1. The molecule has 1 aromatic rings. The third-order valence-corrected chi connectivity index (χ3v) is 3.32. The van der Waals surface area contributed by atoms with Crippen LogP contribution in [0.5, 0.6) is 0 Å². The molecule has 1 N–H and O–H groups in total. The zero-order valence-corrected chi connectivity index (χ0v) is 8.68. The van der Waals surface area contributed by atoms with Gasteiger partial charge in [-0.15, -0.1) is 0 Å². The number of fused-ring (bicyclic) bond motifs is 1. The Hall–Kier alpha value is -0.890. The summed E-state index contributed by atoms with van der Waals surface area (Å²) in [5.41, 5.74) is 2.13. The Labute approximate surface area is 84.3 Å². The first-order valence-corrected chi connectivity index (χ1v) is 5.18. The van der Waals surface area contributed by atoms with Gasteiger partial charge in [-0.1, -0.05) is 12.1 Å². The lowest BCUT2D eigenvalue weighted by Gasteiger charge is -2.19. The highest BCUT2D eigenvalue weighted by molar-refractivity contribution is 5.37. The smallest absolute Gasteiger partial charge is 0.126 e. The van der Waals surface area contributed by atoms with Crippen LogP contribution in [0.2, 0.25) is 0 Å². The van der Waals surface area contributed by atoms with Crippen LogP contribution >= 0.6 is 0 Å². The van der Waals surface area contributed by atoms with Crippen molar-refractivity contribution >= 4 is 0 Å². The Bertz CT molecular complexity index is 335. The van der Waals surface area contributed by atoms with Crippen molar-refractivity contribution in [3.05, 3.63) is 35.1 Å². The van der Waals surface area contributed by atoms with Crippen LogP contribution in [0.25, 0.3) is 0 Å². The second-order valence-electron chi connectivity index (χ2n) is 4.03. The average Bonchev–Trinajstić information content (AvgIpc) is 2.62. The fourth-order valence-electron chi connectivity index (χ4n) is 2.36. The summed E-state index contributed by atoms with van der Waals surface area (Å²) in [6.07, 6.45) is 1.96. The molecule has 76 valence electrons. The number of hydrogen-bond donors (Lipinski definition) is 1. The Morgan fingerprint density at radius 3 is 3.00 bits per heavy atom. The molecule has 0 radical (unpaired) electrons. The molecule has 0 saturated carbocycles. The third-order valence-electron chi connectivity index (χ3n) is 3.32. The maximum atomic E-state index is 13.4. The summed E-state index contributed by atoms with van der Waals surface area (Å²) in [4.78, 5) is 0. The predicted molar refractivity (Wildman–Crippen MR) is 56.0 cm³/mol. The summed E-state index contributed by atoms with van der Waals surface area (Å²) in [6, 6.07) is 5.86. The van der Waals surface area contributed by atoms with Gasteiger partial charge < -0.3 is 5.32 Å². The van der Waals surface area contributed by atoms with E-state index in [1.54, 1.807) is 6.07 Å². The summed E-state index contributed by atoms with van der Waals surface area (Å²) in [6.45, 7) is 2.16. The molecule has 1 aliphatic rings. The zero-order valence-electron chi connectivity index (χ0n) is 8.68. The summed E-state index contributed by atoms with van der Waals surface area (Å²) >= 11 is 0. The molecule has 0 fully saturated rings. The van der Waals surface area contributed by atoms with Crippen LogP contribution in [0, 0.1) is 5.82 Å². The molecule has 1 aromatic carbocycles. The highest BCUT2D eigenvalue weighted by Crippen LogP contribution is 2.36. The van der Waals surface area contributed by atoms with Gasteiger partial charge in [0.15, 0.2) is 0 Å². The van der Waals surface area contributed by atoms with Gasteiger partial charge >= 0.3 is 0 Å². The Balaban J connectivity index is 2.35. The van der Waals surface area contributed by atoms with Gasteiger partial charge in [0.2, 0.25) is 0 Å². The van der Waals surface area contributed by atoms with E-state index in [4.69, 9.17) is 0 Å². The van der Waals surface area contributed by atoms with Gasteiger partial charge in [0.25, 0.3) is 0 Å². The van der Waals surface area contributed by atoms with Crippen molar-refractivity contribution in [2.24, 2.45) is 0 Å². The summed E-state index contributed by atoms with van der Waals surface area (Å²) in [5, 5.41) is 3.24. The summed E-state index contributed by atoms with van der Waals surface area (Å²) in [7, 11) is 1.96. The third kappa shape index (κ3) is 1.44. The molecular weight excluding hydrogens is 177 g/mol. The molecular formula is C12H16FN. The van der Waals surface area contributed by atoms with Crippen molar-refractivity contribution in [3.8, 4) is 0 Å². The van der Waals surface area contributed by atoms with Crippen LogP contribution in [0.15, 0.2) is 18.2 Å². The lowest BCUT2D eigenvalue weighted by molar-refractivity contribution is 0.492. The Morgan fingerprint density at radius 1 is 1.50 bits per heavy atom. The molecule has 1 nitrogen and oxygen atoms in total. The van der Waals surface area contributed by atoms with Gasteiger partial charge in [0, 0.05) is 6.04 Å². The number of likely N-dealkylation sites (N-methyl/N-ethyl adjacent to an activating group) is 1. The van der Waals surface area contributed by atoms with Crippen LogP contribution in [0.3, 0.4) is 0 Å². The first-order valence-electron chi connectivity index (χ1n) is 5.18. The monoisotopic (exact) mass is 193 g/mol. The van der Waals surface area contributed by atoms with Crippen molar-refractivity contribution in [2.75, 3.05) is 7.05 Å². The fraction of sp³-hybridized carbons (Fsp3) is 0.500. The lowest BCUT2D eigenvalue weighted by atomic mass is 9.94. The second kappa shape index (κ2) is 3.70. The second-order valence-corrected chi connectivity index (χ2v) is 4.03. The number of rotatable bonds is 2. The van der Waals surface area contributed by atoms with Crippen LogP contribution in [0.4, 0.5) is 4.39 Å². The number of hydrogen-bond acceptors (Lipinski definition) is 1. The molecule has 14 heavy (non-hydrogen) atoms. The molecule has 0 aliphatic heterocycles. The lowest BCUT2D eigenvalue weighted by Crippen LogP contribution is -2.27. The minimum Gasteiger partial charge on any atom is -0.317 e. The molecule has 2 unspecified atom stereocenters. The summed E-state index contributed by atoms with van der Waals surface area (Å²) in [5.74, 6) is 0.444. The van der Waals surface area contributed by atoms with Crippen molar-refractivity contribution in [3.63, 3.8) is 0 Å². The SMILES string of the molecule is CNC(C)C1CCc2c(F)cccc21. The average molecular weight is 193 g/mol. The molecule has 0 spiro atoms. The van der Waals surface area contributed by atoms with Crippen LogP contribution in [-0.2, 0) is 6.42 Å². The van der Waals surface area contributed by atoms with Crippen molar-refractivity contribution < 1.29 is 4.39 Å². The first kappa shape index (κ1) is 9.66. The maximum Gasteiger partial charge on any atom is 0.126 e. The first-order chi connectivity index (χ1) is 6.74. The van der Waals surface area contributed by atoms with Gasteiger partial charge in [-0.25, -0.2) is 4.39 Å². The van der Waals surface area contributed by atoms with Gasteiger partial charge in [0.1, 0.15) is 5.82 Å². The zero-order chi connectivity index (χ0) is 10.1. The number of benzene rings is 1. The molecule has 2 atom stereocenters. The van der Waals surface area contributed by atoms with Gasteiger partial charge in [-0.2, -0.15) is 0 Å². The van der Waals surface area contributed by atoms with E-state index in [0.717, 1.165) is 18.4 Å². The molecule has 1 aliphatic carbocycles. The van der Waals surface area contributed by atoms with Crippen LogP contribution < -0.4 is 5.32 Å². The number of nitrogens with one attached hydrogen (secondary N) is 1. The largest absolute Gasteiger partial charge is 0.317 e. The summed E-state index contributed by atoms with van der Waals surface area (Å²) < 4.78 is 13.4. The standard InChI is InChI=1S/C12H16FN/c1-8(14-2)9-6-7-11-10(9)4-3-5-12(11)13/h3-5,8-9,14H,6-7H2,1-2H3. The minimum atomic E-state index is -0.0340. The van der Waals surface area contributed by atoms with Crippen LogP contribution in [0.1, 0.15) is 30.4 Å². The van der Waals surface area contributed by atoms with Crippen molar-refractivity contribution in [1.82, 2.24) is 5.32 Å². The van der Waals surface area contributed by atoms with Crippen molar-refractivity contribution in [1.29, 1.82) is 0 Å². The van der Waals surface area contributed by atoms with Gasteiger partial charge in [0.05, 0.1) is 0 Å². The molecule has 0 bridgehead atoms. The molecule has 0 saturated heterocycles. The van der Waals surface area contributed by atoms with Gasteiger partial charge in [-0.3, -0.25) is 0 Å². The highest BCUT2D eigenvalue weighted by Gasteiger charge is 2.27.